The fourth-order valence-electron chi connectivity index (χ4n) is 2.21. The van der Waals surface area contributed by atoms with E-state index in [1.54, 1.807) is 0 Å². The summed E-state index contributed by atoms with van der Waals surface area (Å²) in [5.41, 5.74) is 2.56. The van der Waals surface area contributed by atoms with Crippen LogP contribution in [0.2, 0.25) is 0 Å². The number of nitrogens with one attached hydrogen (secondary N) is 1. The van der Waals surface area contributed by atoms with Gasteiger partial charge in [0, 0.05) is 31.5 Å². The lowest BCUT2D eigenvalue weighted by atomic mass is 10.2. The summed E-state index contributed by atoms with van der Waals surface area (Å²) >= 11 is 0. The van der Waals surface area contributed by atoms with E-state index in [-0.39, 0.29) is 0 Å². The third-order valence-corrected chi connectivity index (χ3v) is 2.95. The van der Waals surface area contributed by atoms with Gasteiger partial charge in [-0.2, -0.15) is 5.10 Å². The molecule has 3 heterocycles. The molecule has 0 radical (unpaired) electrons. The molecule has 0 aromatic carbocycles. The zero-order valence-electron chi connectivity index (χ0n) is 8.20. The van der Waals surface area contributed by atoms with Crippen LogP contribution >= 0.6 is 0 Å². The molecule has 0 bridgehead atoms. The molecule has 4 nitrogen and oxygen atoms in total. The first-order valence-corrected chi connectivity index (χ1v) is 5.29. The van der Waals surface area contributed by atoms with Gasteiger partial charge in [-0.15, -0.1) is 0 Å². The van der Waals surface area contributed by atoms with E-state index in [1.807, 2.05) is 4.68 Å². The molecule has 0 spiro atoms. The van der Waals surface area contributed by atoms with Gasteiger partial charge in [-0.1, -0.05) is 0 Å². The minimum atomic E-state index is 0.392. The Balaban J connectivity index is 1.71. The maximum absolute atomic E-state index is 5.58. The zero-order chi connectivity index (χ0) is 9.38. The lowest BCUT2D eigenvalue weighted by Gasteiger charge is -2.08. The van der Waals surface area contributed by atoms with E-state index in [0.29, 0.717) is 6.10 Å². The maximum Gasteiger partial charge on any atom is 0.0807 e. The first-order valence-electron chi connectivity index (χ1n) is 5.29. The van der Waals surface area contributed by atoms with Gasteiger partial charge in [-0.05, 0) is 12.8 Å². The van der Waals surface area contributed by atoms with Crippen molar-refractivity contribution in [2.45, 2.75) is 38.6 Å². The number of rotatable bonds is 2. The third-order valence-electron chi connectivity index (χ3n) is 2.95. The monoisotopic (exact) mass is 193 g/mol. The highest BCUT2D eigenvalue weighted by molar-refractivity contribution is 5.20. The van der Waals surface area contributed by atoms with Crippen molar-refractivity contribution in [1.82, 2.24) is 15.1 Å². The Hall–Kier alpha value is -0.870. The normalized spacial score (nSPS) is 25.6. The Morgan fingerprint density at radius 2 is 2.57 bits per heavy atom. The topological polar surface area (TPSA) is 39.1 Å². The van der Waals surface area contributed by atoms with Crippen molar-refractivity contribution < 1.29 is 4.74 Å². The van der Waals surface area contributed by atoms with Crippen molar-refractivity contribution in [3.05, 3.63) is 17.5 Å². The van der Waals surface area contributed by atoms with Gasteiger partial charge in [-0.3, -0.25) is 4.68 Å². The number of fused-ring (bicyclic) bond motifs is 1. The highest BCUT2D eigenvalue weighted by Gasteiger charge is 2.19. The number of hydrogen-bond acceptors (Lipinski definition) is 3. The Bertz CT molecular complexity index is 307. The fourth-order valence-corrected chi connectivity index (χ4v) is 2.21. The van der Waals surface area contributed by atoms with Crippen molar-refractivity contribution in [1.29, 1.82) is 0 Å². The average Bonchev–Trinajstić information content (AvgIpc) is 2.78. The fraction of sp³-hybridized carbons (Fsp3) is 0.700. The van der Waals surface area contributed by atoms with Crippen LogP contribution in [-0.2, 0) is 24.4 Å². The van der Waals surface area contributed by atoms with Crippen LogP contribution in [0.25, 0.3) is 0 Å². The highest BCUT2D eigenvalue weighted by atomic mass is 16.5. The molecular weight excluding hydrogens is 178 g/mol. The van der Waals surface area contributed by atoms with Crippen LogP contribution in [0, 0.1) is 0 Å². The van der Waals surface area contributed by atoms with Gasteiger partial charge < -0.3 is 10.1 Å². The second-order valence-corrected chi connectivity index (χ2v) is 4.06. The zero-order valence-corrected chi connectivity index (χ0v) is 8.20. The van der Waals surface area contributed by atoms with Gasteiger partial charge in [0.05, 0.1) is 18.3 Å². The Morgan fingerprint density at radius 1 is 1.57 bits per heavy atom. The molecule has 4 heteroatoms. The second-order valence-electron chi connectivity index (χ2n) is 4.06. The van der Waals surface area contributed by atoms with Crippen LogP contribution in [0.4, 0.5) is 0 Å². The molecule has 0 amide bonds. The quantitative estimate of drug-likeness (QED) is 0.750. The van der Waals surface area contributed by atoms with Crippen molar-refractivity contribution in [2.24, 2.45) is 0 Å². The SMILES string of the molecule is c1c2c(nn1CC1CCCO1)CNC2. The number of nitrogens with zero attached hydrogens (tertiary/aromatic N) is 2. The first kappa shape index (κ1) is 8.44. The van der Waals surface area contributed by atoms with Gasteiger partial charge in [0.1, 0.15) is 0 Å². The third kappa shape index (κ3) is 1.44. The summed E-state index contributed by atoms with van der Waals surface area (Å²) in [6, 6.07) is 0. The van der Waals surface area contributed by atoms with Crippen LogP contribution in [-0.4, -0.2) is 22.5 Å². The molecule has 0 saturated carbocycles. The Labute approximate surface area is 83.2 Å². The van der Waals surface area contributed by atoms with E-state index in [2.05, 4.69) is 16.6 Å². The standard InChI is InChI=1S/C10H15N3O/c1-2-9(14-3-1)7-13-6-8-4-11-5-10(8)12-13/h6,9,11H,1-5,7H2. The largest absolute Gasteiger partial charge is 0.376 e. The maximum atomic E-state index is 5.58. The van der Waals surface area contributed by atoms with E-state index in [9.17, 15) is 0 Å². The van der Waals surface area contributed by atoms with E-state index in [4.69, 9.17) is 4.74 Å². The molecule has 1 saturated heterocycles. The molecule has 3 rings (SSSR count). The van der Waals surface area contributed by atoms with Crippen molar-refractivity contribution in [2.75, 3.05) is 6.61 Å². The summed E-state index contributed by atoms with van der Waals surface area (Å²) < 4.78 is 7.62. The summed E-state index contributed by atoms with van der Waals surface area (Å²) in [5, 5.41) is 7.81. The molecular formula is C10H15N3O. The number of ether oxygens (including phenoxy) is 1. The molecule has 2 aliphatic heterocycles. The summed E-state index contributed by atoms with van der Waals surface area (Å²) in [4.78, 5) is 0. The second kappa shape index (κ2) is 3.37. The van der Waals surface area contributed by atoms with Crippen molar-refractivity contribution in [3.8, 4) is 0 Å². The Kier molecular flexibility index (Phi) is 2.03. The van der Waals surface area contributed by atoms with Crippen LogP contribution in [0.5, 0.6) is 0 Å². The minimum Gasteiger partial charge on any atom is -0.376 e. The minimum absolute atomic E-state index is 0.392. The van der Waals surface area contributed by atoms with Crippen LogP contribution in [0.15, 0.2) is 6.20 Å². The van der Waals surface area contributed by atoms with Gasteiger partial charge in [0.15, 0.2) is 0 Å². The van der Waals surface area contributed by atoms with Crippen LogP contribution in [0.3, 0.4) is 0 Å². The predicted molar refractivity (Wildman–Crippen MR) is 51.7 cm³/mol. The van der Waals surface area contributed by atoms with Crippen LogP contribution < -0.4 is 5.32 Å². The molecule has 1 fully saturated rings. The average molecular weight is 193 g/mol. The van der Waals surface area contributed by atoms with Gasteiger partial charge in [0.2, 0.25) is 0 Å². The van der Waals surface area contributed by atoms with Crippen molar-refractivity contribution in [3.63, 3.8) is 0 Å². The molecule has 1 aromatic heterocycles. The van der Waals surface area contributed by atoms with E-state index < -0.39 is 0 Å². The molecule has 14 heavy (non-hydrogen) atoms. The summed E-state index contributed by atoms with van der Waals surface area (Å²) in [6.07, 6.45) is 4.93. The lowest BCUT2D eigenvalue weighted by Crippen LogP contribution is -2.16. The Morgan fingerprint density at radius 3 is 3.36 bits per heavy atom. The molecule has 76 valence electrons. The summed E-state index contributed by atoms with van der Waals surface area (Å²) in [6.45, 7) is 3.74. The summed E-state index contributed by atoms with van der Waals surface area (Å²) in [5.74, 6) is 0. The smallest absolute Gasteiger partial charge is 0.0807 e. The molecule has 1 aromatic rings. The highest BCUT2D eigenvalue weighted by Crippen LogP contribution is 2.17. The molecule has 1 atom stereocenters. The van der Waals surface area contributed by atoms with Crippen LogP contribution in [0.1, 0.15) is 24.1 Å². The van der Waals surface area contributed by atoms with E-state index in [0.717, 1.165) is 26.2 Å². The van der Waals surface area contributed by atoms with Gasteiger partial charge >= 0.3 is 0 Å². The van der Waals surface area contributed by atoms with E-state index in [1.165, 1.54) is 24.1 Å². The van der Waals surface area contributed by atoms with Gasteiger partial charge in [-0.25, -0.2) is 0 Å². The molecule has 0 aliphatic carbocycles. The van der Waals surface area contributed by atoms with E-state index >= 15 is 0 Å². The lowest BCUT2D eigenvalue weighted by molar-refractivity contribution is 0.0938. The molecule has 2 aliphatic rings. The predicted octanol–water partition coefficient (Wildman–Crippen LogP) is 0.665. The van der Waals surface area contributed by atoms with Crippen molar-refractivity contribution >= 4 is 0 Å². The number of hydrogen-bond donors (Lipinski definition) is 1. The van der Waals surface area contributed by atoms with Gasteiger partial charge in [0.25, 0.3) is 0 Å². The molecule has 1 N–H and O–H groups in total. The number of aromatic nitrogens is 2. The first-order chi connectivity index (χ1) is 6.92. The summed E-state index contributed by atoms with van der Waals surface area (Å²) in [7, 11) is 0. The molecule has 1 unspecified atom stereocenters.